The third kappa shape index (κ3) is 4.54. The van der Waals surface area contributed by atoms with Gasteiger partial charge in [0, 0.05) is 24.1 Å². The van der Waals surface area contributed by atoms with Crippen LogP contribution in [0.2, 0.25) is 10.0 Å². The Kier molecular flexibility index (Phi) is 5.82. The van der Waals surface area contributed by atoms with Crippen molar-refractivity contribution >= 4 is 23.2 Å². The summed E-state index contributed by atoms with van der Waals surface area (Å²) in [7, 11) is 0. The topological polar surface area (TPSA) is 173 Å². The van der Waals surface area contributed by atoms with Gasteiger partial charge in [0.1, 0.15) is 11.8 Å². The van der Waals surface area contributed by atoms with E-state index in [4.69, 9.17) is 37.7 Å². The molecule has 0 amide bonds. The van der Waals surface area contributed by atoms with Gasteiger partial charge in [0.05, 0.1) is 21.4 Å². The smallest absolute Gasteiger partial charge is 0.349 e. The van der Waals surface area contributed by atoms with Gasteiger partial charge < -0.3 is 9.26 Å². The number of aromatic nitrogens is 6. The van der Waals surface area contributed by atoms with Crippen molar-refractivity contribution in [1.29, 1.82) is 5.26 Å². The molecular weight excluding hydrogens is 477 g/mol. The van der Waals surface area contributed by atoms with Crippen LogP contribution in [-0.2, 0) is 6.42 Å². The zero-order valence-electron chi connectivity index (χ0n) is 16.5. The number of aryl methyl sites for hydroxylation is 1. The van der Waals surface area contributed by atoms with Gasteiger partial charge in [-0.15, -0.1) is 10.2 Å². The second-order valence-corrected chi connectivity index (χ2v) is 7.46. The number of rotatable bonds is 5. The number of nitriles is 1. The number of aromatic amines is 2. The Morgan fingerprint density at radius 3 is 2.52 bits per heavy atom. The fourth-order valence-electron chi connectivity index (χ4n) is 2.81. The number of benzene rings is 1. The lowest BCUT2D eigenvalue weighted by Crippen LogP contribution is -2.33. The number of hydrogen-bond acceptors (Lipinski definition) is 9. The van der Waals surface area contributed by atoms with E-state index < -0.39 is 22.5 Å². The van der Waals surface area contributed by atoms with E-state index in [9.17, 15) is 14.4 Å². The van der Waals surface area contributed by atoms with Gasteiger partial charge in [0.25, 0.3) is 11.1 Å². The molecule has 0 spiro atoms. The highest BCUT2D eigenvalue weighted by molar-refractivity contribution is 6.37. The summed E-state index contributed by atoms with van der Waals surface area (Å²) in [5.74, 6) is 0.454. The van der Waals surface area contributed by atoms with E-state index >= 15 is 0 Å². The summed E-state index contributed by atoms with van der Waals surface area (Å²) in [6, 6.07) is 7.25. The molecule has 1 aromatic carbocycles. The van der Waals surface area contributed by atoms with E-state index in [0.717, 1.165) is 4.68 Å². The first-order valence-electron chi connectivity index (χ1n) is 9.07. The van der Waals surface area contributed by atoms with Gasteiger partial charge >= 0.3 is 5.69 Å². The molecule has 2 N–H and O–H groups in total. The lowest BCUT2D eigenvalue weighted by atomic mass is 10.2. The minimum absolute atomic E-state index is 0.0107. The number of nitrogens with zero attached hydrogens (tertiary/aromatic N) is 5. The van der Waals surface area contributed by atoms with Crippen molar-refractivity contribution < 1.29 is 9.26 Å². The zero-order valence-corrected chi connectivity index (χ0v) is 18.1. The minimum Gasteiger partial charge on any atom is -0.434 e. The quantitative estimate of drug-likeness (QED) is 0.425. The summed E-state index contributed by atoms with van der Waals surface area (Å²) in [5, 5.41) is 22.5. The van der Waals surface area contributed by atoms with Crippen LogP contribution in [0.25, 0.3) is 5.69 Å². The Morgan fingerprint density at radius 2 is 1.88 bits per heavy atom. The standard InChI is InChI=1S/C19H11Cl2N7O5/c1-8-2-11(33-27-8)3-9-4-15(24-25-17(9)29)32-16-12(20)5-10(6-13(16)21)28-19(31)23-18(30)14(7-22)26-28/h2,4-6H,3H2,1H3,(H,25,29)(H,23,30,31). The molecule has 4 rings (SSSR count). The van der Waals surface area contributed by atoms with Crippen molar-refractivity contribution in [2.24, 2.45) is 0 Å². The molecule has 0 aliphatic rings. The average molecular weight is 488 g/mol. The van der Waals surface area contributed by atoms with Gasteiger partial charge in [0.2, 0.25) is 11.6 Å². The molecule has 0 radical (unpaired) electrons. The Hall–Kier alpha value is -4.21. The molecular formula is C19H11Cl2N7O5. The lowest BCUT2D eigenvalue weighted by Gasteiger charge is -2.11. The van der Waals surface area contributed by atoms with Gasteiger partial charge in [-0.3, -0.25) is 14.6 Å². The van der Waals surface area contributed by atoms with Crippen LogP contribution in [0.5, 0.6) is 11.6 Å². The van der Waals surface area contributed by atoms with Crippen LogP contribution < -0.4 is 21.5 Å². The molecule has 0 atom stereocenters. The van der Waals surface area contributed by atoms with Crippen LogP contribution in [0.4, 0.5) is 0 Å². The van der Waals surface area contributed by atoms with Crippen molar-refractivity contribution in [2.75, 3.05) is 0 Å². The van der Waals surface area contributed by atoms with Crippen LogP contribution in [0.3, 0.4) is 0 Å². The molecule has 12 nitrogen and oxygen atoms in total. The molecule has 3 heterocycles. The molecule has 3 aromatic heterocycles. The van der Waals surface area contributed by atoms with Crippen molar-refractivity contribution in [3.8, 4) is 23.4 Å². The average Bonchev–Trinajstić information content (AvgIpc) is 3.17. The van der Waals surface area contributed by atoms with Crippen LogP contribution in [-0.4, -0.2) is 30.1 Å². The SMILES string of the molecule is Cc1cc(Cc2cc(Oc3c(Cl)cc(-n4nc(C#N)c(=O)[nH]c4=O)cc3Cl)n[nH]c2=O)on1. The van der Waals surface area contributed by atoms with E-state index in [1.54, 1.807) is 19.1 Å². The highest BCUT2D eigenvalue weighted by Gasteiger charge is 2.17. The van der Waals surface area contributed by atoms with Crippen LogP contribution in [0.1, 0.15) is 22.7 Å². The van der Waals surface area contributed by atoms with E-state index in [0.29, 0.717) is 17.0 Å². The highest BCUT2D eigenvalue weighted by Crippen LogP contribution is 2.37. The summed E-state index contributed by atoms with van der Waals surface area (Å²) in [4.78, 5) is 37.7. The third-order valence-electron chi connectivity index (χ3n) is 4.27. The van der Waals surface area contributed by atoms with E-state index in [-0.39, 0.29) is 33.8 Å². The molecule has 0 saturated carbocycles. The molecule has 0 aliphatic carbocycles. The Morgan fingerprint density at radius 1 is 1.15 bits per heavy atom. The minimum atomic E-state index is -0.920. The van der Waals surface area contributed by atoms with Gasteiger partial charge in [-0.25, -0.2) is 9.89 Å². The second kappa shape index (κ2) is 8.73. The van der Waals surface area contributed by atoms with Crippen LogP contribution in [0.15, 0.2) is 43.2 Å². The van der Waals surface area contributed by atoms with Crippen LogP contribution >= 0.6 is 23.2 Å². The fourth-order valence-corrected chi connectivity index (χ4v) is 3.37. The number of ether oxygens (including phenoxy) is 1. The molecule has 166 valence electrons. The first kappa shape index (κ1) is 22.0. The molecule has 0 unspecified atom stereocenters. The molecule has 33 heavy (non-hydrogen) atoms. The van der Waals surface area contributed by atoms with Crippen LogP contribution in [0, 0.1) is 18.3 Å². The fraction of sp³-hybridized carbons (Fsp3) is 0.105. The molecule has 0 bridgehead atoms. The number of hydrogen-bond donors (Lipinski definition) is 2. The van der Waals surface area contributed by atoms with Crippen molar-refractivity contribution in [1.82, 2.24) is 30.1 Å². The third-order valence-corrected chi connectivity index (χ3v) is 4.83. The van der Waals surface area contributed by atoms with Crippen molar-refractivity contribution in [3.05, 3.63) is 88.2 Å². The zero-order chi connectivity index (χ0) is 23.7. The normalized spacial score (nSPS) is 10.7. The summed E-state index contributed by atoms with van der Waals surface area (Å²) in [6.07, 6.45) is 0.150. The molecule has 0 aliphatic heterocycles. The first-order valence-corrected chi connectivity index (χ1v) is 9.82. The summed E-state index contributed by atoms with van der Waals surface area (Å²) < 4.78 is 11.5. The Balaban J connectivity index is 1.67. The number of nitrogens with one attached hydrogen (secondary N) is 2. The predicted molar refractivity (Wildman–Crippen MR) is 114 cm³/mol. The monoisotopic (exact) mass is 487 g/mol. The molecule has 0 fully saturated rings. The lowest BCUT2D eigenvalue weighted by molar-refractivity contribution is 0.385. The van der Waals surface area contributed by atoms with Gasteiger partial charge in [-0.2, -0.15) is 9.94 Å². The van der Waals surface area contributed by atoms with Gasteiger partial charge in [-0.1, -0.05) is 28.4 Å². The maximum absolute atomic E-state index is 12.1. The van der Waals surface area contributed by atoms with Gasteiger partial charge in [-0.05, 0) is 19.1 Å². The van der Waals surface area contributed by atoms with E-state index in [1.807, 2.05) is 4.98 Å². The van der Waals surface area contributed by atoms with Crippen molar-refractivity contribution in [3.63, 3.8) is 0 Å². The largest absolute Gasteiger partial charge is 0.434 e. The molecule has 14 heteroatoms. The predicted octanol–water partition coefficient (Wildman–Crippen LogP) is 1.86. The summed E-state index contributed by atoms with van der Waals surface area (Å²) in [5.41, 5.74) is -1.73. The second-order valence-electron chi connectivity index (χ2n) is 6.64. The molecule has 0 saturated heterocycles. The number of halogens is 2. The maximum atomic E-state index is 12.1. The van der Waals surface area contributed by atoms with Crippen molar-refractivity contribution in [2.45, 2.75) is 13.3 Å². The first-order chi connectivity index (χ1) is 15.7. The number of H-pyrrole nitrogens is 2. The summed E-state index contributed by atoms with van der Waals surface area (Å²) >= 11 is 12.6. The van der Waals surface area contributed by atoms with Gasteiger partial charge in [0.15, 0.2) is 5.75 Å². The Labute approximate surface area is 193 Å². The summed E-state index contributed by atoms with van der Waals surface area (Å²) in [6.45, 7) is 1.75. The highest BCUT2D eigenvalue weighted by atomic mass is 35.5. The van der Waals surface area contributed by atoms with E-state index in [1.165, 1.54) is 18.2 Å². The van der Waals surface area contributed by atoms with E-state index in [2.05, 4.69) is 20.5 Å². The maximum Gasteiger partial charge on any atom is 0.349 e. The molecule has 4 aromatic rings. The Bertz CT molecular complexity index is 1570.